The van der Waals surface area contributed by atoms with Gasteiger partial charge in [0.2, 0.25) is 17.6 Å². The number of anilines is 1. The quantitative estimate of drug-likeness (QED) is 0.604. The molecule has 0 aliphatic heterocycles. The van der Waals surface area contributed by atoms with Gasteiger partial charge in [0.25, 0.3) is 0 Å². The molecule has 2 aromatic heterocycles. The minimum Gasteiger partial charge on any atom is -0.339 e. The van der Waals surface area contributed by atoms with Crippen molar-refractivity contribution in [1.29, 1.82) is 0 Å². The van der Waals surface area contributed by atoms with E-state index in [1.54, 1.807) is 18.0 Å². The molecule has 0 radical (unpaired) electrons. The van der Waals surface area contributed by atoms with E-state index >= 15 is 0 Å². The van der Waals surface area contributed by atoms with Crippen LogP contribution in [0, 0.1) is 0 Å². The molecular formula is C20H22N4O2S. The largest absolute Gasteiger partial charge is 0.339 e. The maximum absolute atomic E-state index is 12.1. The average molecular weight is 382 g/mol. The average Bonchev–Trinajstić information content (AvgIpc) is 3.16. The number of hydrogen-bond acceptors (Lipinski definition) is 6. The lowest BCUT2D eigenvalue weighted by Gasteiger charge is -2.04. The second-order valence-electron chi connectivity index (χ2n) is 6.43. The summed E-state index contributed by atoms with van der Waals surface area (Å²) in [5.74, 6) is 1.35. The summed E-state index contributed by atoms with van der Waals surface area (Å²) in [7, 11) is 0. The number of pyridine rings is 1. The van der Waals surface area contributed by atoms with Crippen LogP contribution < -0.4 is 5.32 Å². The Morgan fingerprint density at radius 3 is 2.59 bits per heavy atom. The predicted octanol–water partition coefficient (Wildman–Crippen LogP) is 4.55. The maximum atomic E-state index is 12.1. The SMILES string of the molecule is CSc1ccc(NC(=O)CCc2nc(-c3ccc(C(C)C)cc3)no2)cn1. The lowest BCUT2D eigenvalue weighted by Crippen LogP contribution is -2.12. The van der Waals surface area contributed by atoms with Crippen LogP contribution in [0.15, 0.2) is 52.1 Å². The maximum Gasteiger partial charge on any atom is 0.227 e. The Morgan fingerprint density at radius 1 is 1.19 bits per heavy atom. The molecular weight excluding hydrogens is 360 g/mol. The molecule has 0 spiro atoms. The summed E-state index contributed by atoms with van der Waals surface area (Å²) in [6, 6.07) is 11.8. The Bertz CT molecular complexity index is 889. The number of carbonyl (C=O) groups excluding carboxylic acids is 1. The van der Waals surface area contributed by atoms with Crippen LogP contribution in [-0.4, -0.2) is 27.3 Å². The zero-order chi connectivity index (χ0) is 19.2. The molecule has 7 heteroatoms. The molecule has 0 aliphatic rings. The molecule has 0 saturated carbocycles. The van der Waals surface area contributed by atoms with E-state index in [0.717, 1.165) is 10.6 Å². The Kier molecular flexibility index (Phi) is 6.24. The monoisotopic (exact) mass is 382 g/mol. The van der Waals surface area contributed by atoms with Crippen LogP contribution in [0.4, 0.5) is 5.69 Å². The first kappa shape index (κ1) is 19.1. The topological polar surface area (TPSA) is 80.9 Å². The number of nitrogens with zero attached hydrogens (tertiary/aromatic N) is 3. The van der Waals surface area contributed by atoms with Crippen LogP contribution in [0.3, 0.4) is 0 Å². The molecule has 2 heterocycles. The number of carbonyl (C=O) groups is 1. The van der Waals surface area contributed by atoms with Crippen LogP contribution in [-0.2, 0) is 11.2 Å². The fourth-order valence-electron chi connectivity index (χ4n) is 2.51. The molecule has 0 aliphatic carbocycles. The molecule has 27 heavy (non-hydrogen) atoms. The van der Waals surface area contributed by atoms with E-state index in [1.807, 2.05) is 30.5 Å². The van der Waals surface area contributed by atoms with Crippen LogP contribution >= 0.6 is 11.8 Å². The highest BCUT2D eigenvalue weighted by Crippen LogP contribution is 2.21. The van der Waals surface area contributed by atoms with Crippen LogP contribution in [0.2, 0.25) is 0 Å². The van der Waals surface area contributed by atoms with Crippen LogP contribution in [0.25, 0.3) is 11.4 Å². The van der Waals surface area contributed by atoms with Gasteiger partial charge >= 0.3 is 0 Å². The molecule has 0 fully saturated rings. The molecule has 140 valence electrons. The summed E-state index contributed by atoms with van der Waals surface area (Å²) in [5, 5.41) is 7.74. The Balaban J connectivity index is 1.54. The van der Waals surface area contributed by atoms with Gasteiger partial charge in [-0.05, 0) is 29.9 Å². The highest BCUT2D eigenvalue weighted by molar-refractivity contribution is 7.98. The van der Waals surface area contributed by atoms with Crippen molar-refractivity contribution in [2.45, 2.75) is 37.6 Å². The molecule has 1 amide bonds. The smallest absolute Gasteiger partial charge is 0.227 e. The highest BCUT2D eigenvalue weighted by atomic mass is 32.2. The third-order valence-corrected chi connectivity index (χ3v) is 4.76. The van der Waals surface area contributed by atoms with Gasteiger partial charge < -0.3 is 9.84 Å². The molecule has 0 unspecified atom stereocenters. The number of rotatable bonds is 7. The third-order valence-electron chi connectivity index (χ3n) is 4.10. The summed E-state index contributed by atoms with van der Waals surface area (Å²) < 4.78 is 5.27. The zero-order valence-corrected chi connectivity index (χ0v) is 16.4. The lowest BCUT2D eigenvalue weighted by atomic mass is 10.0. The highest BCUT2D eigenvalue weighted by Gasteiger charge is 2.11. The summed E-state index contributed by atoms with van der Waals surface area (Å²) in [5.41, 5.74) is 2.84. The van der Waals surface area contributed by atoms with Gasteiger partial charge in [0, 0.05) is 18.4 Å². The minimum absolute atomic E-state index is 0.116. The number of nitrogens with one attached hydrogen (secondary N) is 1. The first-order chi connectivity index (χ1) is 13.0. The summed E-state index contributed by atoms with van der Waals surface area (Å²) >= 11 is 1.55. The van der Waals surface area contributed by atoms with Crippen molar-refractivity contribution >= 4 is 23.4 Å². The number of hydrogen-bond donors (Lipinski definition) is 1. The van der Waals surface area contributed by atoms with Gasteiger partial charge in [0.05, 0.1) is 16.9 Å². The minimum atomic E-state index is -0.116. The Morgan fingerprint density at radius 2 is 1.96 bits per heavy atom. The first-order valence-electron chi connectivity index (χ1n) is 8.78. The van der Waals surface area contributed by atoms with E-state index in [9.17, 15) is 4.79 Å². The first-order valence-corrected chi connectivity index (χ1v) is 10.0. The van der Waals surface area contributed by atoms with Gasteiger partial charge in [-0.2, -0.15) is 4.98 Å². The van der Waals surface area contributed by atoms with Crippen molar-refractivity contribution in [2.75, 3.05) is 11.6 Å². The fraction of sp³-hybridized carbons (Fsp3) is 0.300. The van der Waals surface area contributed by atoms with Gasteiger partial charge in [-0.1, -0.05) is 43.3 Å². The van der Waals surface area contributed by atoms with Gasteiger partial charge in [-0.25, -0.2) is 4.98 Å². The van der Waals surface area contributed by atoms with Crippen molar-refractivity contribution in [2.24, 2.45) is 0 Å². The standard InChI is InChI=1S/C20H22N4O2S/c1-13(2)14-4-6-15(7-5-14)20-23-18(26-24-20)10-9-17(25)22-16-8-11-19(27-3)21-12-16/h4-8,11-13H,9-10H2,1-3H3,(H,22,25). The second-order valence-corrected chi connectivity index (χ2v) is 7.25. The van der Waals surface area contributed by atoms with E-state index < -0.39 is 0 Å². The van der Waals surface area contributed by atoms with Crippen molar-refractivity contribution in [1.82, 2.24) is 15.1 Å². The molecule has 1 N–H and O–H groups in total. The summed E-state index contributed by atoms with van der Waals surface area (Å²) in [6.07, 6.45) is 4.25. The Hall–Kier alpha value is -2.67. The van der Waals surface area contributed by atoms with Crippen LogP contribution in [0.1, 0.15) is 37.6 Å². The molecule has 0 saturated heterocycles. The van der Waals surface area contributed by atoms with E-state index in [-0.39, 0.29) is 12.3 Å². The van der Waals surface area contributed by atoms with E-state index in [4.69, 9.17) is 4.52 Å². The van der Waals surface area contributed by atoms with Crippen LogP contribution in [0.5, 0.6) is 0 Å². The number of benzene rings is 1. The number of aryl methyl sites for hydroxylation is 1. The van der Waals surface area contributed by atoms with Crippen molar-refractivity contribution in [3.05, 3.63) is 54.0 Å². The zero-order valence-electron chi connectivity index (χ0n) is 15.6. The summed E-state index contributed by atoms with van der Waals surface area (Å²) in [4.78, 5) is 20.7. The van der Waals surface area contributed by atoms with Crippen molar-refractivity contribution in [3.8, 4) is 11.4 Å². The lowest BCUT2D eigenvalue weighted by molar-refractivity contribution is -0.116. The third kappa shape index (κ3) is 5.17. The number of aromatic nitrogens is 3. The number of thioether (sulfide) groups is 1. The fourth-order valence-corrected chi connectivity index (χ4v) is 2.87. The van der Waals surface area contributed by atoms with E-state index in [1.165, 1.54) is 5.56 Å². The van der Waals surface area contributed by atoms with Gasteiger partial charge in [0.1, 0.15) is 0 Å². The second kappa shape index (κ2) is 8.81. The van der Waals surface area contributed by atoms with Crippen molar-refractivity contribution < 1.29 is 9.32 Å². The molecule has 3 rings (SSSR count). The molecule has 0 bridgehead atoms. The van der Waals surface area contributed by atoms with Crippen molar-refractivity contribution in [3.63, 3.8) is 0 Å². The Labute approximate surface area is 162 Å². The van der Waals surface area contributed by atoms with E-state index in [0.29, 0.717) is 29.7 Å². The number of amides is 1. The van der Waals surface area contributed by atoms with Gasteiger partial charge in [-0.15, -0.1) is 11.8 Å². The van der Waals surface area contributed by atoms with Gasteiger partial charge in [-0.3, -0.25) is 4.79 Å². The molecule has 6 nitrogen and oxygen atoms in total. The summed E-state index contributed by atoms with van der Waals surface area (Å²) in [6.45, 7) is 4.30. The molecule has 3 aromatic rings. The normalized spacial score (nSPS) is 11.0. The van der Waals surface area contributed by atoms with Gasteiger partial charge in [0.15, 0.2) is 0 Å². The predicted molar refractivity (Wildman–Crippen MR) is 107 cm³/mol. The molecule has 0 atom stereocenters. The van der Waals surface area contributed by atoms with E-state index in [2.05, 4.69) is 46.4 Å². The molecule has 1 aromatic carbocycles.